The third kappa shape index (κ3) is 3.27. The highest BCUT2D eigenvalue weighted by molar-refractivity contribution is 5.92. The van der Waals surface area contributed by atoms with Gasteiger partial charge in [-0.1, -0.05) is 60.7 Å². The summed E-state index contributed by atoms with van der Waals surface area (Å²) in [6.07, 6.45) is 1.90. The fourth-order valence-corrected chi connectivity index (χ4v) is 2.54. The molecule has 0 unspecified atom stereocenters. The molecule has 0 fully saturated rings. The summed E-state index contributed by atoms with van der Waals surface area (Å²) in [5.41, 5.74) is 4.34. The molecule has 2 N–H and O–H groups in total. The zero-order chi connectivity index (χ0) is 16.2. The third-order valence-corrected chi connectivity index (χ3v) is 3.81. The summed E-state index contributed by atoms with van der Waals surface area (Å²) in [5.74, 6) is 0.333. The van der Waals surface area contributed by atoms with Crippen molar-refractivity contribution in [1.29, 1.82) is 0 Å². The van der Waals surface area contributed by atoms with Crippen molar-refractivity contribution in [3.63, 3.8) is 0 Å². The molecule has 0 aliphatic heterocycles. The molecule has 0 aromatic heterocycles. The monoisotopic (exact) mass is 302 g/mol. The zero-order valence-corrected chi connectivity index (χ0v) is 12.9. The van der Waals surface area contributed by atoms with Crippen molar-refractivity contribution in [2.24, 2.45) is 0 Å². The summed E-state index contributed by atoms with van der Waals surface area (Å²) in [7, 11) is 0. The van der Waals surface area contributed by atoms with Crippen LogP contribution in [0.4, 0.5) is 0 Å². The molecule has 3 aromatic carbocycles. The van der Waals surface area contributed by atoms with Crippen molar-refractivity contribution >= 4 is 11.6 Å². The maximum absolute atomic E-state index is 10.2. The topological polar surface area (TPSA) is 40.5 Å². The van der Waals surface area contributed by atoms with E-state index in [1.54, 1.807) is 19.1 Å². The normalized spacial score (nSPS) is 10.3. The van der Waals surface area contributed by atoms with Gasteiger partial charge in [-0.25, -0.2) is 0 Å². The van der Waals surface area contributed by atoms with Gasteiger partial charge in [0.15, 0.2) is 0 Å². The quantitative estimate of drug-likeness (QED) is 0.528. The summed E-state index contributed by atoms with van der Waals surface area (Å²) in [6.45, 7) is 1.76. The summed E-state index contributed by atoms with van der Waals surface area (Å²) >= 11 is 0. The Kier molecular flexibility index (Phi) is 4.15. The summed E-state index contributed by atoms with van der Waals surface area (Å²) in [5, 5.41) is 20.1. The van der Waals surface area contributed by atoms with Gasteiger partial charge >= 0.3 is 0 Å². The highest BCUT2D eigenvalue weighted by Gasteiger charge is 2.09. The van der Waals surface area contributed by atoms with Gasteiger partial charge in [-0.05, 0) is 47.4 Å². The van der Waals surface area contributed by atoms with E-state index in [1.807, 2.05) is 66.7 Å². The van der Waals surface area contributed by atoms with Crippen LogP contribution in [-0.4, -0.2) is 10.2 Å². The molecule has 0 atom stereocenters. The molecule has 2 nitrogen and oxygen atoms in total. The van der Waals surface area contributed by atoms with Crippen molar-refractivity contribution < 1.29 is 10.2 Å². The molecular weight excluding hydrogens is 284 g/mol. The number of aryl methyl sites for hydroxylation is 1. The smallest absolute Gasteiger partial charge is 0.123 e. The molecule has 0 radical (unpaired) electrons. The molecular formula is C21H18O2. The minimum absolute atomic E-state index is 0.157. The Balaban J connectivity index is 2.18. The zero-order valence-electron chi connectivity index (χ0n) is 12.9. The van der Waals surface area contributed by atoms with Crippen LogP contribution in [0.1, 0.15) is 22.3 Å². The number of hydrogen-bond donors (Lipinski definition) is 2. The lowest BCUT2D eigenvalue weighted by Crippen LogP contribution is -1.89. The lowest BCUT2D eigenvalue weighted by Gasteiger charge is -2.10. The highest BCUT2D eigenvalue weighted by atomic mass is 16.3. The number of benzene rings is 3. The first-order chi connectivity index (χ1) is 11.1. The number of rotatable bonds is 3. The second-order valence-electron chi connectivity index (χ2n) is 5.49. The van der Waals surface area contributed by atoms with Crippen molar-refractivity contribution in [3.8, 4) is 11.5 Å². The molecule has 0 saturated carbocycles. The molecule has 3 aromatic rings. The lowest BCUT2D eigenvalue weighted by molar-refractivity contribution is 0.456. The van der Waals surface area contributed by atoms with Crippen LogP contribution < -0.4 is 0 Å². The highest BCUT2D eigenvalue weighted by Crippen LogP contribution is 2.32. The van der Waals surface area contributed by atoms with E-state index in [9.17, 15) is 10.2 Å². The van der Waals surface area contributed by atoms with Crippen LogP contribution >= 0.6 is 0 Å². The maximum atomic E-state index is 10.2. The fraction of sp³-hybridized carbons (Fsp3) is 0.0476. The summed E-state index contributed by atoms with van der Waals surface area (Å²) in [6, 6.07) is 23.2. The van der Waals surface area contributed by atoms with E-state index in [0.717, 1.165) is 16.7 Å². The first-order valence-corrected chi connectivity index (χ1v) is 7.50. The SMILES string of the molecule is Cc1cc(O)c(C=C(c2ccccc2)c2ccccc2)cc1O. The molecule has 0 heterocycles. The van der Waals surface area contributed by atoms with Crippen LogP contribution in [0.25, 0.3) is 11.6 Å². The van der Waals surface area contributed by atoms with Gasteiger partial charge in [0.05, 0.1) is 0 Å². The Bertz CT molecular complexity index is 793. The second kappa shape index (κ2) is 6.41. The minimum Gasteiger partial charge on any atom is -0.508 e. The van der Waals surface area contributed by atoms with Crippen LogP contribution in [0.5, 0.6) is 11.5 Å². The molecule has 0 spiro atoms. The van der Waals surface area contributed by atoms with Gasteiger partial charge < -0.3 is 10.2 Å². The van der Waals surface area contributed by atoms with Gasteiger partial charge in [-0.3, -0.25) is 0 Å². The largest absolute Gasteiger partial charge is 0.508 e. The fourth-order valence-electron chi connectivity index (χ4n) is 2.54. The molecule has 0 bridgehead atoms. The molecule has 0 aliphatic rings. The van der Waals surface area contributed by atoms with E-state index in [-0.39, 0.29) is 11.5 Å². The Labute approximate surface area is 136 Å². The van der Waals surface area contributed by atoms with Crippen LogP contribution in [0.3, 0.4) is 0 Å². The van der Waals surface area contributed by atoms with Gasteiger partial charge in [-0.2, -0.15) is 0 Å². The molecule has 114 valence electrons. The number of phenolic OH excluding ortho intramolecular Hbond substituents is 2. The first kappa shape index (κ1) is 14.9. The van der Waals surface area contributed by atoms with Crippen LogP contribution in [0.2, 0.25) is 0 Å². The van der Waals surface area contributed by atoms with Gasteiger partial charge in [-0.15, -0.1) is 0 Å². The average molecular weight is 302 g/mol. The van der Waals surface area contributed by atoms with Gasteiger partial charge in [0.25, 0.3) is 0 Å². The van der Waals surface area contributed by atoms with Gasteiger partial charge in [0, 0.05) is 5.56 Å². The molecule has 0 aliphatic carbocycles. The van der Waals surface area contributed by atoms with Crippen molar-refractivity contribution in [3.05, 3.63) is 95.1 Å². The third-order valence-electron chi connectivity index (χ3n) is 3.81. The Morgan fingerprint density at radius 1 is 0.739 bits per heavy atom. The lowest BCUT2D eigenvalue weighted by atomic mass is 9.95. The number of hydrogen-bond acceptors (Lipinski definition) is 2. The van der Waals surface area contributed by atoms with E-state index in [2.05, 4.69) is 0 Å². The predicted molar refractivity (Wildman–Crippen MR) is 94.4 cm³/mol. The summed E-state index contributed by atoms with van der Waals surface area (Å²) in [4.78, 5) is 0. The van der Waals surface area contributed by atoms with Crippen molar-refractivity contribution in [2.75, 3.05) is 0 Å². The molecule has 0 amide bonds. The van der Waals surface area contributed by atoms with Crippen LogP contribution in [0.15, 0.2) is 72.8 Å². The average Bonchev–Trinajstić information content (AvgIpc) is 2.58. The maximum Gasteiger partial charge on any atom is 0.123 e. The van der Waals surface area contributed by atoms with Gasteiger partial charge in [0.2, 0.25) is 0 Å². The Morgan fingerprint density at radius 3 is 1.78 bits per heavy atom. The Morgan fingerprint density at radius 2 is 1.26 bits per heavy atom. The number of aromatic hydroxyl groups is 2. The van der Waals surface area contributed by atoms with E-state index in [4.69, 9.17) is 0 Å². The molecule has 23 heavy (non-hydrogen) atoms. The van der Waals surface area contributed by atoms with E-state index in [0.29, 0.717) is 11.1 Å². The molecule has 0 saturated heterocycles. The molecule has 3 rings (SSSR count). The standard InChI is InChI=1S/C21H18O2/c1-15-12-21(23)18(14-20(15)22)13-19(16-8-4-2-5-9-16)17-10-6-3-7-11-17/h2-14,22-23H,1H3. The molecule has 2 heteroatoms. The van der Waals surface area contributed by atoms with Crippen LogP contribution in [0, 0.1) is 6.92 Å². The second-order valence-corrected chi connectivity index (χ2v) is 5.49. The minimum atomic E-state index is 0.157. The van der Waals surface area contributed by atoms with Crippen molar-refractivity contribution in [1.82, 2.24) is 0 Å². The Hall–Kier alpha value is -3.00. The summed E-state index contributed by atoms with van der Waals surface area (Å²) < 4.78 is 0. The predicted octanol–water partition coefficient (Wildman–Crippen LogP) is 5.00. The van der Waals surface area contributed by atoms with Crippen LogP contribution in [-0.2, 0) is 0 Å². The van der Waals surface area contributed by atoms with E-state index in [1.165, 1.54) is 0 Å². The number of phenols is 2. The van der Waals surface area contributed by atoms with Crippen molar-refractivity contribution in [2.45, 2.75) is 6.92 Å². The van der Waals surface area contributed by atoms with E-state index >= 15 is 0 Å². The van der Waals surface area contributed by atoms with E-state index < -0.39 is 0 Å². The van der Waals surface area contributed by atoms with Gasteiger partial charge in [0.1, 0.15) is 11.5 Å². The first-order valence-electron chi connectivity index (χ1n) is 7.50.